The number of hydrogen-bond acceptors (Lipinski definition) is 6. The van der Waals surface area contributed by atoms with Gasteiger partial charge in [-0.3, -0.25) is 0 Å². The normalized spacial score (nSPS) is 10.8. The van der Waals surface area contributed by atoms with Crippen molar-refractivity contribution in [2.45, 2.75) is 6.92 Å². The van der Waals surface area contributed by atoms with Crippen molar-refractivity contribution in [3.63, 3.8) is 0 Å². The number of methoxy groups -OCH3 is 1. The van der Waals surface area contributed by atoms with Gasteiger partial charge in [0.15, 0.2) is 16.5 Å². The van der Waals surface area contributed by atoms with E-state index in [4.69, 9.17) is 9.15 Å². The first-order valence-corrected chi connectivity index (χ1v) is 8.88. The molecule has 0 aliphatic rings. The fraction of sp³-hybridized carbons (Fsp3) is 0.100. The van der Waals surface area contributed by atoms with Crippen LogP contribution in [-0.2, 0) is 0 Å². The third-order valence-electron chi connectivity index (χ3n) is 4.02. The molecule has 2 heterocycles. The summed E-state index contributed by atoms with van der Waals surface area (Å²) in [5.41, 5.74) is 2.04. The van der Waals surface area contributed by atoms with E-state index in [0.29, 0.717) is 22.6 Å². The molecule has 4 aromatic rings. The van der Waals surface area contributed by atoms with Gasteiger partial charge in [0.05, 0.1) is 18.4 Å². The minimum Gasteiger partial charge on any atom is -0.493 e. The Hall–Kier alpha value is -3.12. The smallest absolute Gasteiger partial charge is 0.345 e. The van der Waals surface area contributed by atoms with Crippen LogP contribution in [0.3, 0.4) is 0 Å². The first-order chi connectivity index (χ1) is 12.7. The van der Waals surface area contributed by atoms with Crippen LogP contribution in [0.15, 0.2) is 63.8 Å². The van der Waals surface area contributed by atoms with Crippen LogP contribution in [-0.4, -0.2) is 12.1 Å². The Kier molecular flexibility index (Phi) is 4.18. The first-order valence-electron chi connectivity index (χ1n) is 8.06. The number of aryl methyl sites for hydroxylation is 1. The van der Waals surface area contributed by atoms with Gasteiger partial charge in [0.25, 0.3) is 0 Å². The van der Waals surface area contributed by atoms with Gasteiger partial charge < -0.3 is 14.5 Å². The van der Waals surface area contributed by atoms with Crippen molar-refractivity contribution < 1.29 is 9.15 Å². The Morgan fingerprint density at radius 3 is 2.69 bits per heavy atom. The van der Waals surface area contributed by atoms with Crippen LogP contribution in [0.1, 0.15) is 4.88 Å². The summed E-state index contributed by atoms with van der Waals surface area (Å²) in [7, 11) is 1.55. The van der Waals surface area contributed by atoms with Gasteiger partial charge in [0.1, 0.15) is 0 Å². The lowest BCUT2D eigenvalue weighted by Gasteiger charge is -2.05. The highest BCUT2D eigenvalue weighted by atomic mass is 32.1. The number of ether oxygens (including phenoxy) is 1. The molecule has 2 aromatic carbocycles. The molecular formula is C20H16N2O3S. The molecule has 0 radical (unpaired) electrons. The van der Waals surface area contributed by atoms with E-state index >= 15 is 0 Å². The minimum absolute atomic E-state index is 0.429. The third kappa shape index (κ3) is 2.95. The molecule has 1 N–H and O–H groups in total. The second-order valence-electron chi connectivity index (χ2n) is 5.74. The largest absolute Gasteiger partial charge is 0.493 e. The van der Waals surface area contributed by atoms with E-state index in [-0.39, 0.29) is 0 Å². The first kappa shape index (κ1) is 16.4. The quantitative estimate of drug-likeness (QED) is 0.518. The summed E-state index contributed by atoms with van der Waals surface area (Å²) in [6.45, 7) is 1.94. The number of nitrogens with zero attached hydrogens (tertiary/aromatic N) is 1. The fourth-order valence-corrected chi connectivity index (χ4v) is 3.64. The standard InChI is InChI=1S/C20H16N2O3S/c1-12-17(22-20(26-12)21-14-8-4-3-5-9-14)15-11-13-7-6-10-16(24-2)18(13)25-19(15)23/h3-11H,1-2H3,(H,21,22). The van der Waals surface area contributed by atoms with Crippen LogP contribution in [0.2, 0.25) is 0 Å². The van der Waals surface area contributed by atoms with Crippen LogP contribution in [0.25, 0.3) is 22.2 Å². The van der Waals surface area contributed by atoms with Gasteiger partial charge >= 0.3 is 5.63 Å². The molecule has 6 heteroatoms. The van der Waals surface area contributed by atoms with Gasteiger partial charge in [0, 0.05) is 16.0 Å². The fourth-order valence-electron chi connectivity index (χ4n) is 2.79. The average Bonchev–Trinajstić information content (AvgIpc) is 3.01. The number of aromatic nitrogens is 1. The van der Waals surface area contributed by atoms with Crippen molar-refractivity contribution >= 4 is 33.1 Å². The van der Waals surface area contributed by atoms with Crippen molar-refractivity contribution in [3.8, 4) is 17.0 Å². The van der Waals surface area contributed by atoms with Gasteiger partial charge in [-0.1, -0.05) is 30.3 Å². The van der Waals surface area contributed by atoms with Crippen molar-refractivity contribution in [3.05, 3.63) is 69.9 Å². The van der Waals surface area contributed by atoms with Gasteiger partial charge in [-0.2, -0.15) is 0 Å². The maximum absolute atomic E-state index is 12.5. The second kappa shape index (κ2) is 6.65. The summed E-state index contributed by atoms with van der Waals surface area (Å²) < 4.78 is 10.8. The van der Waals surface area contributed by atoms with Crippen molar-refractivity contribution in [2.24, 2.45) is 0 Å². The number of anilines is 2. The summed E-state index contributed by atoms with van der Waals surface area (Å²) in [5, 5.41) is 4.79. The van der Waals surface area contributed by atoms with Gasteiger partial charge in [-0.15, -0.1) is 11.3 Å². The highest BCUT2D eigenvalue weighted by molar-refractivity contribution is 7.16. The number of para-hydroxylation sites is 2. The predicted molar refractivity (Wildman–Crippen MR) is 105 cm³/mol. The summed E-state index contributed by atoms with van der Waals surface area (Å²) in [6, 6.07) is 17.1. The van der Waals surface area contributed by atoms with Gasteiger partial charge in [-0.05, 0) is 31.2 Å². The molecule has 0 spiro atoms. The highest BCUT2D eigenvalue weighted by Crippen LogP contribution is 2.33. The Balaban J connectivity index is 1.78. The number of hydrogen-bond donors (Lipinski definition) is 1. The molecule has 0 aliphatic carbocycles. The molecule has 0 atom stereocenters. The molecule has 0 bridgehead atoms. The zero-order valence-electron chi connectivity index (χ0n) is 14.3. The Bertz CT molecular complexity index is 1130. The number of benzene rings is 2. The minimum atomic E-state index is -0.429. The maximum Gasteiger partial charge on any atom is 0.345 e. The summed E-state index contributed by atoms with van der Waals surface area (Å²) in [4.78, 5) is 18.1. The molecule has 5 nitrogen and oxygen atoms in total. The van der Waals surface area contributed by atoms with Crippen LogP contribution in [0.5, 0.6) is 5.75 Å². The lowest BCUT2D eigenvalue weighted by molar-refractivity contribution is 0.407. The summed E-state index contributed by atoms with van der Waals surface area (Å²) >= 11 is 1.50. The molecule has 0 aliphatic heterocycles. The molecule has 0 fully saturated rings. The van der Waals surface area contributed by atoms with Crippen LogP contribution >= 0.6 is 11.3 Å². The zero-order chi connectivity index (χ0) is 18.1. The van der Waals surface area contributed by atoms with E-state index in [9.17, 15) is 4.79 Å². The van der Waals surface area contributed by atoms with Gasteiger partial charge in [0.2, 0.25) is 0 Å². The molecule has 130 valence electrons. The molecule has 0 amide bonds. The molecule has 0 unspecified atom stereocenters. The van der Waals surface area contributed by atoms with E-state index in [2.05, 4.69) is 10.3 Å². The SMILES string of the molecule is COc1cccc2cc(-c3nc(Nc4ccccc4)sc3C)c(=O)oc12. The van der Waals surface area contributed by atoms with Crippen LogP contribution in [0.4, 0.5) is 10.8 Å². The number of fused-ring (bicyclic) bond motifs is 1. The monoisotopic (exact) mass is 364 g/mol. The Morgan fingerprint density at radius 1 is 1.12 bits per heavy atom. The van der Waals surface area contributed by atoms with Crippen molar-refractivity contribution in [2.75, 3.05) is 12.4 Å². The average molecular weight is 364 g/mol. The Morgan fingerprint density at radius 2 is 1.92 bits per heavy atom. The molecule has 4 rings (SSSR count). The van der Waals surface area contributed by atoms with Crippen LogP contribution < -0.4 is 15.7 Å². The lowest BCUT2D eigenvalue weighted by atomic mass is 10.1. The van der Waals surface area contributed by atoms with E-state index < -0.39 is 5.63 Å². The molecule has 2 aromatic heterocycles. The number of rotatable bonds is 4. The second-order valence-corrected chi connectivity index (χ2v) is 6.94. The van der Waals surface area contributed by atoms with Crippen molar-refractivity contribution in [1.82, 2.24) is 4.98 Å². The van der Waals surface area contributed by atoms with E-state index in [1.54, 1.807) is 19.2 Å². The maximum atomic E-state index is 12.5. The van der Waals surface area contributed by atoms with E-state index in [1.807, 2.05) is 49.4 Å². The van der Waals surface area contributed by atoms with E-state index in [0.717, 1.165) is 21.1 Å². The highest BCUT2D eigenvalue weighted by Gasteiger charge is 2.16. The predicted octanol–water partition coefficient (Wildman–Crippen LogP) is 4.98. The number of thiazole rings is 1. The summed E-state index contributed by atoms with van der Waals surface area (Å²) in [6.07, 6.45) is 0. The van der Waals surface area contributed by atoms with Crippen LogP contribution in [0, 0.1) is 6.92 Å². The zero-order valence-corrected chi connectivity index (χ0v) is 15.1. The van der Waals surface area contributed by atoms with Gasteiger partial charge in [-0.25, -0.2) is 9.78 Å². The summed E-state index contributed by atoms with van der Waals surface area (Å²) in [5.74, 6) is 0.535. The molecule has 0 saturated heterocycles. The Labute approximate surface area is 153 Å². The number of nitrogens with one attached hydrogen (secondary N) is 1. The lowest BCUT2D eigenvalue weighted by Crippen LogP contribution is -2.04. The van der Waals surface area contributed by atoms with E-state index in [1.165, 1.54) is 11.3 Å². The topological polar surface area (TPSA) is 64.4 Å². The molecular weight excluding hydrogens is 348 g/mol. The molecule has 0 saturated carbocycles. The third-order valence-corrected chi connectivity index (χ3v) is 4.91. The molecule has 26 heavy (non-hydrogen) atoms. The van der Waals surface area contributed by atoms with Crippen molar-refractivity contribution in [1.29, 1.82) is 0 Å².